The predicted octanol–water partition coefficient (Wildman–Crippen LogP) is 7.05. The monoisotopic (exact) mass is 796 g/mol. The molecule has 4 aliphatic rings. The number of rotatable bonds is 10. The number of alkyl carbamates (subject to hydrolysis) is 1. The number of benzene rings is 3. The predicted molar refractivity (Wildman–Crippen MR) is 225 cm³/mol. The SMILES string of the molecule is COC(=O)NC(C(=O)N1CCCC1c1nc2ccc(-c3ccc(-c4ccc5nc(C6C=CCN6C(=O)CNC=O)[nH]c5c4)c4c3CC3(CCCCC3)C4)cc2[nH]1)C(C)C. The maximum Gasteiger partial charge on any atom is 0.407 e. The van der Waals surface area contributed by atoms with E-state index in [0.717, 1.165) is 64.7 Å². The fourth-order valence-corrected chi connectivity index (χ4v) is 10.2. The van der Waals surface area contributed by atoms with E-state index in [4.69, 9.17) is 14.7 Å². The summed E-state index contributed by atoms with van der Waals surface area (Å²) in [6.45, 7) is 4.87. The van der Waals surface area contributed by atoms with E-state index in [1.165, 1.54) is 61.5 Å². The maximum atomic E-state index is 13.8. The Morgan fingerprint density at radius 3 is 2.15 bits per heavy atom. The van der Waals surface area contributed by atoms with Gasteiger partial charge in [0, 0.05) is 13.1 Å². The highest BCUT2D eigenvalue weighted by Gasteiger charge is 2.41. The van der Waals surface area contributed by atoms with Crippen LogP contribution in [0.25, 0.3) is 44.3 Å². The standard InChI is InChI=1S/C46H52N8O5/c1-27(2)41(52-45(58)59-3)44(57)54-20-8-10-39(54)43-49-35-16-12-29(22-37(35)51-43)31-14-13-30(32-23-46(24-33(31)32)17-5-4-6-18-46)28-11-15-34-36(21-28)50-42(48-34)38-9-7-19-53(38)40(56)25-47-26-55/h7,9,11-16,21-22,26-27,38-39,41H,4-6,8,10,17-20,23-25H2,1-3H3,(H,47,55)(H,48,50)(H,49,51)(H,52,58). The van der Waals surface area contributed by atoms with E-state index in [1.54, 1.807) is 4.90 Å². The number of ether oxygens (including phenoxy) is 1. The van der Waals surface area contributed by atoms with Gasteiger partial charge in [0.05, 0.1) is 41.8 Å². The molecule has 0 radical (unpaired) electrons. The van der Waals surface area contributed by atoms with Crippen LogP contribution in [0.4, 0.5) is 4.79 Å². The number of aromatic nitrogens is 4. The van der Waals surface area contributed by atoms with Crippen LogP contribution >= 0.6 is 0 Å². The number of fused-ring (bicyclic) bond motifs is 3. The second-order valence-corrected chi connectivity index (χ2v) is 17.2. The Labute approximate surface area is 343 Å². The molecule has 1 saturated heterocycles. The minimum Gasteiger partial charge on any atom is -0.453 e. The number of H-pyrrole nitrogens is 2. The molecule has 2 aromatic heterocycles. The normalized spacial score (nSPS) is 20.1. The summed E-state index contributed by atoms with van der Waals surface area (Å²) in [4.78, 5) is 70.2. The van der Waals surface area contributed by atoms with E-state index in [1.807, 2.05) is 30.9 Å². The lowest BCUT2D eigenvalue weighted by molar-refractivity contribution is -0.135. The van der Waals surface area contributed by atoms with Crippen LogP contribution in [0, 0.1) is 11.3 Å². The minimum absolute atomic E-state index is 0.0509. The molecule has 59 heavy (non-hydrogen) atoms. The molecule has 1 saturated carbocycles. The first kappa shape index (κ1) is 38.5. The van der Waals surface area contributed by atoms with Crippen molar-refractivity contribution in [2.75, 3.05) is 26.7 Å². The number of hydrogen-bond donors (Lipinski definition) is 4. The van der Waals surface area contributed by atoms with Crippen LogP contribution in [0.3, 0.4) is 0 Å². The third-order valence-electron chi connectivity index (χ3n) is 13.2. The summed E-state index contributed by atoms with van der Waals surface area (Å²) in [6, 6.07) is 16.3. The molecule has 3 aromatic carbocycles. The van der Waals surface area contributed by atoms with Crippen LogP contribution in [0.2, 0.25) is 0 Å². The van der Waals surface area contributed by atoms with Crippen LogP contribution in [0.15, 0.2) is 60.7 Å². The highest BCUT2D eigenvalue weighted by molar-refractivity contribution is 5.89. The summed E-state index contributed by atoms with van der Waals surface area (Å²) in [7, 11) is 1.31. The van der Waals surface area contributed by atoms with Crippen molar-refractivity contribution in [1.29, 1.82) is 0 Å². The number of aromatic amines is 2. The van der Waals surface area contributed by atoms with Crippen LogP contribution in [-0.4, -0.2) is 86.8 Å². The van der Waals surface area contributed by atoms with Gasteiger partial charge in [-0.05, 0) is 108 Å². The molecule has 3 unspecified atom stereocenters. The highest BCUT2D eigenvalue weighted by Crippen LogP contribution is 2.52. The van der Waals surface area contributed by atoms with Crippen LogP contribution < -0.4 is 10.6 Å². The summed E-state index contributed by atoms with van der Waals surface area (Å²) in [5.74, 6) is 1.08. The number of amides is 4. The number of methoxy groups -OCH3 is 1. The molecular weight excluding hydrogens is 745 g/mol. The first-order valence-electron chi connectivity index (χ1n) is 21.1. The third kappa shape index (κ3) is 7.14. The smallest absolute Gasteiger partial charge is 0.407 e. The Kier molecular flexibility index (Phi) is 10.2. The van der Waals surface area contributed by atoms with Crippen molar-refractivity contribution in [2.24, 2.45) is 11.3 Å². The van der Waals surface area contributed by atoms with Crippen molar-refractivity contribution in [3.05, 3.63) is 83.5 Å². The molecule has 13 nitrogen and oxygen atoms in total. The van der Waals surface area contributed by atoms with Gasteiger partial charge in [0.1, 0.15) is 23.7 Å². The summed E-state index contributed by atoms with van der Waals surface area (Å²) in [5, 5.41) is 5.22. The molecule has 2 fully saturated rings. The number of imidazole rings is 2. The Morgan fingerprint density at radius 1 is 0.881 bits per heavy atom. The zero-order valence-corrected chi connectivity index (χ0v) is 34.0. The molecule has 0 bridgehead atoms. The molecule has 13 heteroatoms. The van der Waals surface area contributed by atoms with Crippen molar-refractivity contribution in [1.82, 2.24) is 40.4 Å². The molecule has 306 valence electrons. The summed E-state index contributed by atoms with van der Waals surface area (Å²) < 4.78 is 4.82. The van der Waals surface area contributed by atoms with Gasteiger partial charge in [-0.1, -0.05) is 69.5 Å². The molecule has 4 N–H and O–H groups in total. The summed E-state index contributed by atoms with van der Waals surface area (Å²) in [5.41, 5.74) is 11.5. The van der Waals surface area contributed by atoms with E-state index >= 15 is 0 Å². The molecule has 4 heterocycles. The second kappa shape index (κ2) is 15.6. The topological polar surface area (TPSA) is 165 Å². The second-order valence-electron chi connectivity index (χ2n) is 17.2. The number of carbonyl (C=O) groups is 4. The lowest BCUT2D eigenvalue weighted by atomic mass is 9.72. The molecular formula is C46H52N8O5. The van der Waals surface area contributed by atoms with Gasteiger partial charge < -0.3 is 35.1 Å². The van der Waals surface area contributed by atoms with Crippen LogP contribution in [-0.2, 0) is 32.0 Å². The average molecular weight is 797 g/mol. The Hall–Kier alpha value is -5.98. The number of hydrogen-bond acceptors (Lipinski definition) is 7. The number of likely N-dealkylation sites (tertiary alicyclic amines) is 1. The Balaban J connectivity index is 1.03. The van der Waals surface area contributed by atoms with Gasteiger partial charge in [-0.2, -0.15) is 0 Å². The van der Waals surface area contributed by atoms with Gasteiger partial charge in [0.15, 0.2) is 0 Å². The Morgan fingerprint density at radius 2 is 1.53 bits per heavy atom. The first-order valence-corrected chi connectivity index (χ1v) is 21.1. The van der Waals surface area contributed by atoms with Crippen molar-refractivity contribution in [3.8, 4) is 22.3 Å². The number of carbonyl (C=O) groups excluding carboxylic acids is 4. The quantitative estimate of drug-likeness (QED) is 0.0869. The zero-order chi connectivity index (χ0) is 40.8. The molecule has 4 amide bonds. The maximum absolute atomic E-state index is 13.8. The largest absolute Gasteiger partial charge is 0.453 e. The van der Waals surface area contributed by atoms with Crippen LogP contribution in [0.5, 0.6) is 0 Å². The first-order chi connectivity index (χ1) is 28.6. The molecule has 2 aliphatic heterocycles. The summed E-state index contributed by atoms with van der Waals surface area (Å²) >= 11 is 0. The number of nitrogens with zero attached hydrogens (tertiary/aromatic N) is 4. The van der Waals surface area contributed by atoms with Gasteiger partial charge in [0.25, 0.3) is 0 Å². The van der Waals surface area contributed by atoms with Crippen molar-refractivity contribution >= 4 is 46.4 Å². The number of nitrogens with one attached hydrogen (secondary N) is 4. The zero-order valence-electron chi connectivity index (χ0n) is 34.0. The van der Waals surface area contributed by atoms with E-state index in [2.05, 4.69) is 69.1 Å². The van der Waals surface area contributed by atoms with E-state index in [-0.39, 0.29) is 41.8 Å². The fraction of sp³-hybridized carbons (Fsp3) is 0.435. The van der Waals surface area contributed by atoms with E-state index < -0.39 is 12.1 Å². The van der Waals surface area contributed by atoms with Crippen molar-refractivity contribution < 1.29 is 23.9 Å². The molecule has 9 rings (SSSR count). The van der Waals surface area contributed by atoms with Crippen LogP contribution in [0.1, 0.15) is 93.7 Å². The molecule has 2 aliphatic carbocycles. The van der Waals surface area contributed by atoms with Crippen molar-refractivity contribution in [3.63, 3.8) is 0 Å². The molecule has 1 spiro atoms. The molecule has 5 aromatic rings. The lowest BCUT2D eigenvalue weighted by Gasteiger charge is -2.33. The third-order valence-corrected chi connectivity index (χ3v) is 13.2. The molecule has 3 atom stereocenters. The van der Waals surface area contributed by atoms with Gasteiger partial charge >= 0.3 is 6.09 Å². The minimum atomic E-state index is -0.689. The van der Waals surface area contributed by atoms with E-state index in [0.29, 0.717) is 25.3 Å². The van der Waals surface area contributed by atoms with Gasteiger partial charge in [-0.25, -0.2) is 14.8 Å². The lowest BCUT2D eigenvalue weighted by Crippen LogP contribution is -2.51. The van der Waals surface area contributed by atoms with Gasteiger partial charge in [0.2, 0.25) is 18.2 Å². The average Bonchev–Trinajstić information content (AvgIpc) is 4.09. The van der Waals surface area contributed by atoms with Gasteiger partial charge in [-0.3, -0.25) is 14.4 Å². The summed E-state index contributed by atoms with van der Waals surface area (Å²) in [6.07, 6.45) is 13.9. The fourth-order valence-electron chi connectivity index (χ4n) is 10.2. The van der Waals surface area contributed by atoms with Gasteiger partial charge in [-0.15, -0.1) is 0 Å². The van der Waals surface area contributed by atoms with Crippen molar-refractivity contribution in [2.45, 2.75) is 89.8 Å². The van der Waals surface area contributed by atoms with E-state index in [9.17, 15) is 19.2 Å². The Bertz CT molecular complexity index is 2480. The highest BCUT2D eigenvalue weighted by atomic mass is 16.5.